The average Bonchev–Trinajstić information content (AvgIpc) is 2.66. The predicted octanol–water partition coefficient (Wildman–Crippen LogP) is 2.18. The summed E-state index contributed by atoms with van der Waals surface area (Å²) in [6.07, 6.45) is -0.652. The summed E-state index contributed by atoms with van der Waals surface area (Å²) in [5.41, 5.74) is 1.04. The van der Waals surface area contributed by atoms with E-state index in [1.165, 1.54) is 0 Å². The van der Waals surface area contributed by atoms with Crippen molar-refractivity contribution in [2.75, 3.05) is 26.3 Å². The second-order valence-corrected chi connectivity index (χ2v) is 6.88. The van der Waals surface area contributed by atoms with Crippen molar-refractivity contribution in [3.8, 4) is 11.5 Å². The number of hydrogen-bond donors (Lipinski definition) is 2. The van der Waals surface area contributed by atoms with Crippen LogP contribution in [0.1, 0.15) is 18.6 Å². The largest absolute Gasteiger partial charge is 0.486 e. The first-order valence-electron chi connectivity index (χ1n) is 8.87. The molecule has 0 radical (unpaired) electrons. The molecule has 140 valence electrons. The van der Waals surface area contributed by atoms with Gasteiger partial charge in [0.1, 0.15) is 25.8 Å². The van der Waals surface area contributed by atoms with Crippen molar-refractivity contribution in [2.45, 2.75) is 25.2 Å². The number of para-hydroxylation sites is 2. The number of fused-ring (bicyclic) bond motifs is 1. The second-order valence-electron chi connectivity index (χ2n) is 6.44. The Kier molecular flexibility index (Phi) is 6.74. The number of aliphatic hydroxyl groups is 1. The van der Waals surface area contributed by atoms with Crippen LogP contribution < -0.4 is 14.8 Å². The smallest absolute Gasteiger partial charge is 0.181 e. The first kappa shape index (κ1) is 19.0. The summed E-state index contributed by atoms with van der Waals surface area (Å²) in [6, 6.07) is 15.2. The van der Waals surface area contributed by atoms with E-state index >= 15 is 0 Å². The molecule has 1 aliphatic rings. The van der Waals surface area contributed by atoms with Gasteiger partial charge in [0, 0.05) is 5.02 Å². The molecule has 0 aromatic heterocycles. The maximum Gasteiger partial charge on any atom is 0.181 e. The normalized spacial score (nSPS) is 18.3. The summed E-state index contributed by atoms with van der Waals surface area (Å²) >= 11 is 5.89. The van der Waals surface area contributed by atoms with Gasteiger partial charge in [-0.25, -0.2) is 0 Å². The summed E-state index contributed by atoms with van der Waals surface area (Å²) < 4.78 is 17.3. The highest BCUT2D eigenvalue weighted by Gasteiger charge is 2.22. The van der Waals surface area contributed by atoms with Gasteiger partial charge in [-0.05, 0) is 36.8 Å². The van der Waals surface area contributed by atoms with E-state index in [2.05, 4.69) is 0 Å². The van der Waals surface area contributed by atoms with Crippen LogP contribution in [0.2, 0.25) is 5.02 Å². The number of quaternary nitrogens is 1. The number of hydrogen-bond acceptors (Lipinski definition) is 4. The Hall–Kier alpha value is -1.79. The third-order valence-electron chi connectivity index (χ3n) is 4.31. The van der Waals surface area contributed by atoms with E-state index in [0.29, 0.717) is 18.2 Å². The molecule has 1 heterocycles. The highest BCUT2D eigenvalue weighted by Crippen LogP contribution is 2.30. The van der Waals surface area contributed by atoms with Crippen molar-refractivity contribution in [3.63, 3.8) is 0 Å². The molecule has 0 bridgehead atoms. The minimum absolute atomic E-state index is 0.0222. The van der Waals surface area contributed by atoms with Crippen LogP contribution in [0.15, 0.2) is 48.5 Å². The van der Waals surface area contributed by atoms with Gasteiger partial charge >= 0.3 is 0 Å². The Morgan fingerprint density at radius 3 is 2.69 bits per heavy atom. The van der Waals surface area contributed by atoms with E-state index in [4.69, 9.17) is 25.8 Å². The van der Waals surface area contributed by atoms with Gasteiger partial charge in [-0.1, -0.05) is 35.9 Å². The molecule has 5 nitrogen and oxygen atoms in total. The van der Waals surface area contributed by atoms with Crippen LogP contribution in [-0.4, -0.2) is 43.6 Å². The molecule has 3 N–H and O–H groups in total. The summed E-state index contributed by atoms with van der Waals surface area (Å²) in [5.74, 6) is 1.56. The molecule has 0 amide bonds. The minimum atomic E-state index is -0.540. The van der Waals surface area contributed by atoms with Gasteiger partial charge in [0.25, 0.3) is 0 Å². The van der Waals surface area contributed by atoms with Crippen LogP contribution in [0.25, 0.3) is 0 Å². The maximum atomic E-state index is 10.1. The van der Waals surface area contributed by atoms with Gasteiger partial charge in [0.2, 0.25) is 0 Å². The number of aliphatic hydroxyl groups excluding tert-OH is 1. The van der Waals surface area contributed by atoms with Crippen molar-refractivity contribution in [2.24, 2.45) is 0 Å². The van der Waals surface area contributed by atoms with Crippen molar-refractivity contribution in [1.82, 2.24) is 0 Å². The van der Waals surface area contributed by atoms with Crippen molar-refractivity contribution in [3.05, 3.63) is 59.1 Å². The molecule has 0 fully saturated rings. The van der Waals surface area contributed by atoms with E-state index in [-0.39, 0.29) is 18.8 Å². The highest BCUT2D eigenvalue weighted by molar-refractivity contribution is 6.30. The molecule has 0 unspecified atom stereocenters. The fraction of sp³-hybridized carbons (Fsp3) is 0.400. The van der Waals surface area contributed by atoms with Gasteiger partial charge in [0.15, 0.2) is 17.6 Å². The zero-order valence-corrected chi connectivity index (χ0v) is 15.6. The maximum absolute atomic E-state index is 10.1. The minimum Gasteiger partial charge on any atom is -0.486 e. The Balaban J connectivity index is 1.34. The number of benzene rings is 2. The lowest BCUT2D eigenvalue weighted by Gasteiger charge is -2.25. The summed E-state index contributed by atoms with van der Waals surface area (Å²) in [4.78, 5) is 0. The van der Waals surface area contributed by atoms with Crippen LogP contribution in [0.5, 0.6) is 11.5 Å². The lowest BCUT2D eigenvalue weighted by atomic mass is 10.1. The topological polar surface area (TPSA) is 64.5 Å². The molecule has 6 heteroatoms. The van der Waals surface area contributed by atoms with Gasteiger partial charge in [-0.15, -0.1) is 0 Å². The van der Waals surface area contributed by atoms with Gasteiger partial charge in [-0.2, -0.15) is 0 Å². The standard InChI is InChI=1S/C20H24ClNO4/c1-14(15-6-8-16(21)9-7-15)24-12-17(23)10-22-11-18-13-25-19-4-2-3-5-20(19)26-18/h2-9,14,17-18,22-23H,10-13H2,1H3/p+1/t14-,17-,18-/m1/s1. The zero-order chi connectivity index (χ0) is 18.4. The summed E-state index contributed by atoms with van der Waals surface area (Å²) in [5, 5.41) is 12.9. The van der Waals surface area contributed by atoms with E-state index < -0.39 is 6.10 Å². The lowest BCUT2D eigenvalue weighted by molar-refractivity contribution is -0.666. The first-order valence-corrected chi connectivity index (χ1v) is 9.25. The van der Waals surface area contributed by atoms with Gasteiger partial charge in [0.05, 0.1) is 12.7 Å². The fourth-order valence-corrected chi connectivity index (χ4v) is 2.93. The molecule has 26 heavy (non-hydrogen) atoms. The van der Waals surface area contributed by atoms with Crippen LogP contribution in [-0.2, 0) is 4.74 Å². The molecular formula is C20H25ClNO4+. The number of rotatable bonds is 8. The van der Waals surface area contributed by atoms with Crippen LogP contribution in [0, 0.1) is 0 Å². The fourth-order valence-electron chi connectivity index (χ4n) is 2.81. The second kappa shape index (κ2) is 9.24. The third-order valence-corrected chi connectivity index (χ3v) is 4.57. The van der Waals surface area contributed by atoms with Gasteiger partial charge in [-0.3, -0.25) is 0 Å². The molecule has 0 aliphatic carbocycles. The number of nitrogens with two attached hydrogens (primary N) is 1. The Labute approximate surface area is 158 Å². The van der Waals surface area contributed by atoms with E-state index in [9.17, 15) is 5.11 Å². The molecule has 0 saturated heterocycles. The van der Waals surface area contributed by atoms with Gasteiger partial charge < -0.3 is 24.6 Å². The average molecular weight is 379 g/mol. The third kappa shape index (κ3) is 5.35. The molecular weight excluding hydrogens is 354 g/mol. The van der Waals surface area contributed by atoms with Crippen molar-refractivity contribution < 1.29 is 24.6 Å². The number of halogens is 1. The van der Waals surface area contributed by atoms with Crippen molar-refractivity contribution in [1.29, 1.82) is 0 Å². The Morgan fingerprint density at radius 1 is 1.19 bits per heavy atom. The van der Waals surface area contributed by atoms with Crippen LogP contribution >= 0.6 is 11.6 Å². The molecule has 0 saturated carbocycles. The predicted molar refractivity (Wildman–Crippen MR) is 99.8 cm³/mol. The molecule has 3 rings (SSSR count). The monoisotopic (exact) mass is 378 g/mol. The lowest BCUT2D eigenvalue weighted by Crippen LogP contribution is -2.89. The first-order chi connectivity index (χ1) is 12.6. The SMILES string of the molecule is C[C@@H](OC[C@H](O)C[NH2+]C[C@@H]1COc2ccccc2O1)c1ccc(Cl)cc1. The molecule has 1 aliphatic heterocycles. The Morgan fingerprint density at radius 2 is 1.92 bits per heavy atom. The quantitative estimate of drug-likeness (QED) is 0.739. The molecule has 3 atom stereocenters. The van der Waals surface area contributed by atoms with E-state index in [1.807, 2.05) is 60.8 Å². The number of ether oxygens (including phenoxy) is 3. The van der Waals surface area contributed by atoms with Crippen molar-refractivity contribution >= 4 is 11.6 Å². The van der Waals surface area contributed by atoms with Crippen LogP contribution in [0.3, 0.4) is 0 Å². The van der Waals surface area contributed by atoms with Crippen LogP contribution in [0.4, 0.5) is 0 Å². The van der Waals surface area contributed by atoms with E-state index in [0.717, 1.165) is 23.6 Å². The highest BCUT2D eigenvalue weighted by atomic mass is 35.5. The molecule has 2 aromatic rings. The van der Waals surface area contributed by atoms with E-state index in [1.54, 1.807) is 0 Å². The molecule has 0 spiro atoms. The Bertz CT molecular complexity index is 694. The summed E-state index contributed by atoms with van der Waals surface area (Å²) in [6.45, 7) is 4.04. The molecule has 2 aromatic carbocycles. The summed E-state index contributed by atoms with van der Waals surface area (Å²) in [7, 11) is 0. The zero-order valence-electron chi connectivity index (χ0n) is 14.8.